The lowest BCUT2D eigenvalue weighted by molar-refractivity contribution is 0.627. The summed E-state index contributed by atoms with van der Waals surface area (Å²) in [7, 11) is 0. The molecule has 0 saturated heterocycles. The molecule has 0 bridgehead atoms. The highest BCUT2D eigenvalue weighted by molar-refractivity contribution is 6.30. The standard InChI is InChI=1S/C17H19ClFN/c1-3-13-6-5-7-14(4-2)17(13)20-11-12-8-9-16(19)15(18)10-12/h5-10,20H,3-4,11H2,1-2H3. The van der Waals surface area contributed by atoms with Crippen LogP contribution in [0.2, 0.25) is 5.02 Å². The van der Waals surface area contributed by atoms with Crippen molar-refractivity contribution >= 4 is 17.3 Å². The van der Waals surface area contributed by atoms with E-state index < -0.39 is 0 Å². The molecule has 0 saturated carbocycles. The molecule has 2 aromatic carbocycles. The van der Waals surface area contributed by atoms with Gasteiger partial charge >= 0.3 is 0 Å². The first-order chi connectivity index (χ1) is 9.65. The summed E-state index contributed by atoms with van der Waals surface area (Å²) in [5, 5.41) is 3.64. The third kappa shape index (κ3) is 3.31. The van der Waals surface area contributed by atoms with E-state index in [1.165, 1.54) is 22.9 Å². The van der Waals surface area contributed by atoms with Crippen LogP contribution in [0.3, 0.4) is 0 Å². The molecule has 0 amide bonds. The molecule has 20 heavy (non-hydrogen) atoms. The Balaban J connectivity index is 2.19. The number of halogens is 2. The first-order valence-electron chi connectivity index (χ1n) is 6.94. The van der Waals surface area contributed by atoms with Crippen LogP contribution < -0.4 is 5.32 Å². The molecule has 1 N–H and O–H groups in total. The van der Waals surface area contributed by atoms with E-state index in [9.17, 15) is 4.39 Å². The molecule has 0 spiro atoms. The lowest BCUT2D eigenvalue weighted by Gasteiger charge is -2.15. The van der Waals surface area contributed by atoms with Gasteiger partial charge < -0.3 is 5.32 Å². The predicted octanol–water partition coefficient (Wildman–Crippen LogP) is 5.22. The molecule has 0 aliphatic carbocycles. The summed E-state index contributed by atoms with van der Waals surface area (Å²) < 4.78 is 13.1. The van der Waals surface area contributed by atoms with E-state index in [4.69, 9.17) is 11.6 Å². The van der Waals surface area contributed by atoms with Crippen LogP contribution in [0.4, 0.5) is 10.1 Å². The minimum absolute atomic E-state index is 0.170. The van der Waals surface area contributed by atoms with Gasteiger partial charge in [0.25, 0.3) is 0 Å². The zero-order chi connectivity index (χ0) is 14.5. The Morgan fingerprint density at radius 1 is 1.05 bits per heavy atom. The van der Waals surface area contributed by atoms with Crippen molar-refractivity contribution < 1.29 is 4.39 Å². The Morgan fingerprint density at radius 3 is 2.25 bits per heavy atom. The van der Waals surface area contributed by atoms with Crippen LogP contribution in [0.1, 0.15) is 30.5 Å². The van der Waals surface area contributed by atoms with Crippen molar-refractivity contribution in [3.8, 4) is 0 Å². The van der Waals surface area contributed by atoms with Gasteiger partial charge in [0.1, 0.15) is 5.82 Å². The summed E-state index contributed by atoms with van der Waals surface area (Å²) >= 11 is 5.81. The zero-order valence-electron chi connectivity index (χ0n) is 11.8. The van der Waals surface area contributed by atoms with E-state index in [0.29, 0.717) is 6.54 Å². The average molecular weight is 292 g/mol. The van der Waals surface area contributed by atoms with E-state index >= 15 is 0 Å². The van der Waals surface area contributed by atoms with Crippen LogP contribution in [-0.2, 0) is 19.4 Å². The van der Waals surface area contributed by atoms with Crippen LogP contribution in [-0.4, -0.2) is 0 Å². The molecule has 0 fully saturated rings. The first kappa shape index (κ1) is 14.9. The van der Waals surface area contributed by atoms with Gasteiger partial charge in [0, 0.05) is 12.2 Å². The van der Waals surface area contributed by atoms with Gasteiger partial charge in [0.15, 0.2) is 0 Å². The highest BCUT2D eigenvalue weighted by atomic mass is 35.5. The van der Waals surface area contributed by atoms with Gasteiger partial charge in [-0.05, 0) is 41.7 Å². The zero-order valence-corrected chi connectivity index (χ0v) is 12.6. The molecule has 1 nitrogen and oxygen atoms in total. The predicted molar refractivity (Wildman–Crippen MR) is 83.9 cm³/mol. The summed E-state index contributed by atoms with van der Waals surface area (Å²) in [6, 6.07) is 11.2. The summed E-state index contributed by atoms with van der Waals surface area (Å²) in [5.41, 5.74) is 4.78. The lowest BCUT2D eigenvalue weighted by atomic mass is 10.0. The largest absolute Gasteiger partial charge is 0.381 e. The fourth-order valence-corrected chi connectivity index (χ4v) is 2.51. The van der Waals surface area contributed by atoms with Crippen molar-refractivity contribution in [1.29, 1.82) is 0 Å². The van der Waals surface area contributed by atoms with E-state index in [0.717, 1.165) is 18.4 Å². The molecule has 0 heterocycles. The van der Waals surface area contributed by atoms with Gasteiger partial charge in [-0.25, -0.2) is 4.39 Å². The van der Waals surface area contributed by atoms with Crippen LogP contribution in [0.15, 0.2) is 36.4 Å². The Bertz CT molecular complexity index is 573. The average Bonchev–Trinajstić information content (AvgIpc) is 2.48. The molecule has 0 aromatic heterocycles. The van der Waals surface area contributed by atoms with Crippen molar-refractivity contribution in [2.45, 2.75) is 33.2 Å². The number of rotatable bonds is 5. The second-order valence-corrected chi connectivity index (χ2v) is 5.17. The Labute approximate surface area is 124 Å². The molecule has 2 rings (SSSR count). The third-order valence-electron chi connectivity index (χ3n) is 3.45. The number of hydrogen-bond acceptors (Lipinski definition) is 1. The van der Waals surface area contributed by atoms with Crippen molar-refractivity contribution in [2.24, 2.45) is 0 Å². The normalized spacial score (nSPS) is 10.6. The number of aryl methyl sites for hydroxylation is 2. The smallest absolute Gasteiger partial charge is 0.141 e. The maximum Gasteiger partial charge on any atom is 0.141 e. The van der Waals surface area contributed by atoms with E-state index in [1.54, 1.807) is 12.1 Å². The molecule has 106 valence electrons. The van der Waals surface area contributed by atoms with Gasteiger partial charge in [-0.1, -0.05) is 49.7 Å². The van der Waals surface area contributed by atoms with Crippen LogP contribution >= 0.6 is 11.6 Å². The molecule has 0 aliphatic rings. The van der Waals surface area contributed by atoms with Gasteiger partial charge in [-0.3, -0.25) is 0 Å². The van der Waals surface area contributed by atoms with Crippen molar-refractivity contribution in [3.05, 3.63) is 63.9 Å². The second-order valence-electron chi connectivity index (χ2n) is 4.76. The third-order valence-corrected chi connectivity index (χ3v) is 3.74. The number of nitrogens with one attached hydrogen (secondary N) is 1. The first-order valence-corrected chi connectivity index (χ1v) is 7.32. The fourth-order valence-electron chi connectivity index (χ4n) is 2.31. The van der Waals surface area contributed by atoms with Gasteiger partial charge in [0.2, 0.25) is 0 Å². The Morgan fingerprint density at radius 2 is 1.70 bits per heavy atom. The molecule has 0 aliphatic heterocycles. The van der Waals surface area contributed by atoms with Crippen molar-refractivity contribution in [2.75, 3.05) is 5.32 Å². The minimum Gasteiger partial charge on any atom is -0.381 e. The molecule has 3 heteroatoms. The topological polar surface area (TPSA) is 12.0 Å². The van der Waals surface area contributed by atoms with Gasteiger partial charge in [-0.2, -0.15) is 0 Å². The van der Waals surface area contributed by atoms with Crippen LogP contribution in [0, 0.1) is 5.82 Å². The maximum atomic E-state index is 13.1. The van der Waals surface area contributed by atoms with Crippen LogP contribution in [0.25, 0.3) is 0 Å². The molecular weight excluding hydrogens is 273 g/mol. The second kappa shape index (κ2) is 6.76. The Hall–Kier alpha value is -1.54. The van der Waals surface area contributed by atoms with E-state index in [2.05, 4.69) is 37.4 Å². The molecule has 0 radical (unpaired) electrons. The number of para-hydroxylation sites is 1. The monoisotopic (exact) mass is 291 g/mol. The molecule has 0 unspecified atom stereocenters. The summed E-state index contributed by atoms with van der Waals surface area (Å²) in [6.07, 6.45) is 1.97. The summed E-state index contributed by atoms with van der Waals surface area (Å²) in [5.74, 6) is -0.376. The molecule has 2 aromatic rings. The quantitative estimate of drug-likeness (QED) is 0.797. The van der Waals surface area contributed by atoms with Gasteiger partial charge in [-0.15, -0.1) is 0 Å². The van der Waals surface area contributed by atoms with E-state index in [1.807, 2.05) is 0 Å². The summed E-state index contributed by atoms with van der Waals surface area (Å²) in [6.45, 7) is 4.94. The number of hydrogen-bond donors (Lipinski definition) is 1. The lowest BCUT2D eigenvalue weighted by Crippen LogP contribution is -2.05. The fraction of sp³-hybridized carbons (Fsp3) is 0.294. The maximum absolute atomic E-state index is 13.1. The van der Waals surface area contributed by atoms with Crippen molar-refractivity contribution in [3.63, 3.8) is 0 Å². The number of anilines is 1. The SMILES string of the molecule is CCc1cccc(CC)c1NCc1ccc(F)c(Cl)c1. The minimum atomic E-state index is -0.376. The highest BCUT2D eigenvalue weighted by Gasteiger charge is 2.06. The Kier molecular flexibility index (Phi) is 5.02. The highest BCUT2D eigenvalue weighted by Crippen LogP contribution is 2.24. The van der Waals surface area contributed by atoms with Crippen LogP contribution in [0.5, 0.6) is 0 Å². The summed E-state index contributed by atoms with van der Waals surface area (Å²) in [4.78, 5) is 0. The molecular formula is C17H19ClFN. The van der Waals surface area contributed by atoms with E-state index in [-0.39, 0.29) is 10.8 Å². The van der Waals surface area contributed by atoms with Gasteiger partial charge in [0.05, 0.1) is 5.02 Å². The van der Waals surface area contributed by atoms with Crippen molar-refractivity contribution in [1.82, 2.24) is 0 Å². The molecule has 0 atom stereocenters. The number of benzene rings is 2.